The minimum atomic E-state index is -0.165. The first kappa shape index (κ1) is 20.2. The van der Waals surface area contributed by atoms with Crippen LogP contribution in [0.2, 0.25) is 0 Å². The predicted octanol–water partition coefficient (Wildman–Crippen LogP) is 5.64. The highest BCUT2D eigenvalue weighted by atomic mass is 31.1. The number of rotatable bonds is 8. The van der Waals surface area contributed by atoms with Gasteiger partial charge in [0, 0.05) is 23.0 Å². The lowest BCUT2D eigenvalue weighted by atomic mass is 9.96. The van der Waals surface area contributed by atoms with Crippen molar-refractivity contribution >= 4 is 19.6 Å². The summed E-state index contributed by atoms with van der Waals surface area (Å²) in [6.07, 6.45) is 0.923. The molecule has 0 radical (unpaired) electrons. The number of anilines is 1. The van der Waals surface area contributed by atoms with Gasteiger partial charge in [0.25, 0.3) is 0 Å². The maximum atomic E-state index is 10.7. The second-order valence-electron chi connectivity index (χ2n) is 7.04. The van der Waals surface area contributed by atoms with Crippen LogP contribution in [0.25, 0.3) is 0 Å². The van der Waals surface area contributed by atoms with E-state index in [-0.39, 0.29) is 10.9 Å². The van der Waals surface area contributed by atoms with Crippen molar-refractivity contribution in [3.05, 3.63) is 83.9 Å². The summed E-state index contributed by atoms with van der Waals surface area (Å²) in [6.45, 7) is 5.18. The Kier molecular flexibility index (Phi) is 6.59. The van der Waals surface area contributed by atoms with Crippen molar-refractivity contribution < 1.29 is 9.84 Å². The smallest absolute Gasteiger partial charge is 0.161 e. The van der Waals surface area contributed by atoms with Gasteiger partial charge in [-0.3, -0.25) is 0 Å². The topological polar surface area (TPSA) is 41.5 Å². The molecule has 146 valence electrons. The molecule has 3 aromatic rings. The molecule has 0 aliphatic carbocycles. The lowest BCUT2D eigenvalue weighted by Gasteiger charge is -2.31. The van der Waals surface area contributed by atoms with Crippen LogP contribution in [0, 0.1) is 0 Å². The Bertz CT molecular complexity index is 913. The first-order valence-electron chi connectivity index (χ1n) is 9.59. The Hall–Kier alpha value is -2.51. The van der Waals surface area contributed by atoms with Gasteiger partial charge >= 0.3 is 0 Å². The maximum Gasteiger partial charge on any atom is 0.161 e. The van der Waals surface area contributed by atoms with Crippen LogP contribution in [-0.4, -0.2) is 12.2 Å². The monoisotopic (exact) mass is 393 g/mol. The minimum absolute atomic E-state index is 0.165. The van der Waals surface area contributed by atoms with Crippen molar-refractivity contribution in [3.63, 3.8) is 0 Å². The summed E-state index contributed by atoms with van der Waals surface area (Å²) in [4.78, 5) is 0. The maximum absolute atomic E-state index is 10.7. The summed E-state index contributed by atoms with van der Waals surface area (Å²) in [5.74, 6) is 0.780. The van der Waals surface area contributed by atoms with E-state index in [1.54, 1.807) is 13.2 Å². The van der Waals surface area contributed by atoms with Crippen LogP contribution < -0.4 is 15.4 Å². The van der Waals surface area contributed by atoms with Crippen molar-refractivity contribution in [2.45, 2.75) is 32.0 Å². The fourth-order valence-electron chi connectivity index (χ4n) is 3.33. The zero-order valence-corrected chi connectivity index (χ0v) is 17.7. The molecule has 0 spiro atoms. The van der Waals surface area contributed by atoms with Gasteiger partial charge in [0.15, 0.2) is 11.5 Å². The number of benzene rings is 3. The number of nitrogens with one attached hydrogen (secondary N) is 1. The summed E-state index contributed by atoms with van der Waals surface area (Å²) >= 11 is 0. The fraction of sp³-hybridized carbons (Fsp3) is 0.250. The Morgan fingerprint density at radius 2 is 1.68 bits per heavy atom. The molecule has 3 rings (SSSR count). The molecular weight excluding hydrogens is 365 g/mol. The zero-order chi connectivity index (χ0) is 20.0. The second kappa shape index (κ2) is 9.12. The van der Waals surface area contributed by atoms with E-state index in [1.807, 2.05) is 30.3 Å². The van der Waals surface area contributed by atoms with E-state index in [2.05, 4.69) is 55.6 Å². The molecule has 2 N–H and O–H groups in total. The van der Waals surface area contributed by atoms with Crippen LogP contribution >= 0.6 is 8.58 Å². The van der Waals surface area contributed by atoms with E-state index in [9.17, 15) is 5.11 Å². The number of para-hydroxylation sites is 2. The first-order chi connectivity index (χ1) is 13.6. The molecular formula is C24H28NO2P. The van der Waals surface area contributed by atoms with Gasteiger partial charge in [0.2, 0.25) is 0 Å². The highest BCUT2D eigenvalue weighted by molar-refractivity contribution is 7.48. The molecule has 0 saturated heterocycles. The molecule has 0 aliphatic heterocycles. The van der Waals surface area contributed by atoms with E-state index in [0.717, 1.165) is 24.2 Å². The molecule has 2 atom stereocenters. The van der Waals surface area contributed by atoms with Gasteiger partial charge in [0.05, 0.1) is 7.11 Å². The average molecular weight is 393 g/mol. The highest BCUT2D eigenvalue weighted by Gasteiger charge is 2.30. The Balaban J connectivity index is 1.87. The number of phenols is 1. The number of phenolic OH excluding ortho intramolecular Hbond substituents is 1. The molecule has 3 nitrogen and oxygen atoms in total. The predicted molar refractivity (Wildman–Crippen MR) is 120 cm³/mol. The van der Waals surface area contributed by atoms with Gasteiger partial charge in [-0.05, 0) is 35.5 Å². The molecule has 0 fully saturated rings. The van der Waals surface area contributed by atoms with Crippen LogP contribution in [0.5, 0.6) is 11.5 Å². The minimum Gasteiger partial charge on any atom is -0.504 e. The van der Waals surface area contributed by atoms with Crippen molar-refractivity contribution in [1.29, 1.82) is 0 Å². The van der Waals surface area contributed by atoms with Gasteiger partial charge in [-0.15, -0.1) is 0 Å². The third-order valence-electron chi connectivity index (χ3n) is 5.21. The average Bonchev–Trinajstić information content (AvgIpc) is 2.74. The summed E-state index contributed by atoms with van der Waals surface area (Å²) in [5.41, 5.74) is 3.34. The molecule has 0 bridgehead atoms. The Morgan fingerprint density at radius 1 is 0.964 bits per heavy atom. The standard InChI is InChI=1S/C24H28NO2P/c1-4-24(2,20-14-10-15-21(27-3)23(20)26)28-22-16-9-8-11-18(22)17-25-19-12-6-5-7-13-19/h5-16,25-26,28H,4,17H2,1-3H3. The quantitative estimate of drug-likeness (QED) is 0.487. The molecule has 0 amide bonds. The lowest BCUT2D eigenvalue weighted by molar-refractivity contribution is 0.367. The molecule has 2 unspecified atom stereocenters. The third kappa shape index (κ3) is 4.48. The molecule has 0 aromatic heterocycles. The number of hydrogen-bond acceptors (Lipinski definition) is 3. The SMILES string of the molecule is CCC(C)(Pc1ccccc1CNc1ccccc1)c1cccc(OC)c1O. The van der Waals surface area contributed by atoms with E-state index in [0.29, 0.717) is 14.3 Å². The lowest BCUT2D eigenvalue weighted by Crippen LogP contribution is -2.21. The number of aromatic hydroxyl groups is 1. The summed E-state index contributed by atoms with van der Waals surface area (Å²) < 4.78 is 5.33. The summed E-state index contributed by atoms with van der Waals surface area (Å²) in [5, 5.41) is 15.4. The van der Waals surface area contributed by atoms with Crippen molar-refractivity contribution in [2.24, 2.45) is 0 Å². The molecule has 28 heavy (non-hydrogen) atoms. The normalized spacial score (nSPS) is 13.4. The molecule has 0 saturated carbocycles. The van der Waals surface area contributed by atoms with Crippen LogP contribution in [0.3, 0.4) is 0 Å². The number of hydrogen-bond donors (Lipinski definition) is 2. The van der Waals surface area contributed by atoms with Gasteiger partial charge in [-0.2, -0.15) is 0 Å². The van der Waals surface area contributed by atoms with Crippen LogP contribution in [0.15, 0.2) is 72.8 Å². The van der Waals surface area contributed by atoms with E-state index in [4.69, 9.17) is 4.74 Å². The number of methoxy groups -OCH3 is 1. The fourth-order valence-corrected chi connectivity index (χ4v) is 4.94. The second-order valence-corrected chi connectivity index (χ2v) is 8.94. The first-order valence-corrected chi connectivity index (χ1v) is 10.6. The Morgan fingerprint density at radius 3 is 2.39 bits per heavy atom. The largest absolute Gasteiger partial charge is 0.504 e. The van der Waals surface area contributed by atoms with E-state index in [1.165, 1.54) is 10.9 Å². The summed E-state index contributed by atoms with van der Waals surface area (Å²) in [7, 11) is 2.12. The van der Waals surface area contributed by atoms with Crippen LogP contribution in [-0.2, 0) is 11.7 Å². The number of ether oxygens (including phenoxy) is 1. The van der Waals surface area contributed by atoms with Crippen LogP contribution in [0.4, 0.5) is 5.69 Å². The van der Waals surface area contributed by atoms with Gasteiger partial charge < -0.3 is 15.2 Å². The summed E-state index contributed by atoms with van der Waals surface area (Å²) in [6, 6.07) is 24.6. The van der Waals surface area contributed by atoms with Crippen molar-refractivity contribution in [2.75, 3.05) is 12.4 Å². The highest BCUT2D eigenvalue weighted by Crippen LogP contribution is 2.49. The van der Waals surface area contributed by atoms with Gasteiger partial charge in [-0.25, -0.2) is 0 Å². The van der Waals surface area contributed by atoms with Gasteiger partial charge in [-0.1, -0.05) is 77.0 Å². The zero-order valence-electron chi connectivity index (χ0n) is 16.7. The van der Waals surface area contributed by atoms with Gasteiger partial charge in [0.1, 0.15) is 0 Å². The molecule has 3 aromatic carbocycles. The van der Waals surface area contributed by atoms with E-state index >= 15 is 0 Å². The third-order valence-corrected chi connectivity index (χ3v) is 7.14. The van der Waals surface area contributed by atoms with Crippen molar-refractivity contribution in [1.82, 2.24) is 0 Å². The van der Waals surface area contributed by atoms with Crippen LogP contribution in [0.1, 0.15) is 31.4 Å². The molecule has 0 aliphatic rings. The Labute approximate surface area is 169 Å². The van der Waals surface area contributed by atoms with E-state index < -0.39 is 0 Å². The molecule has 4 heteroatoms. The van der Waals surface area contributed by atoms with Crippen molar-refractivity contribution in [3.8, 4) is 11.5 Å². The molecule has 0 heterocycles.